The van der Waals surface area contributed by atoms with Crippen molar-refractivity contribution in [3.63, 3.8) is 0 Å². The SMILES string of the molecule is Cc1c(C(=O)N2C[C@H](O)[C@@H](N3CCN(C(=O)c4ccc(Cl)cc4)CC3)C2)oc2ccccc12. The van der Waals surface area contributed by atoms with Gasteiger partial charge in [-0.2, -0.15) is 0 Å². The second-order valence-corrected chi connectivity index (χ2v) is 9.17. The molecule has 0 radical (unpaired) electrons. The standard InChI is InChI=1S/C25H26ClN3O4/c1-16-19-4-2-3-5-22(19)33-23(16)25(32)29-14-20(21(30)15-29)27-10-12-28(13-11-27)24(31)17-6-8-18(26)9-7-17/h2-9,20-21,30H,10-15H2,1H3/t20-,21-/m0/s1. The molecule has 33 heavy (non-hydrogen) atoms. The average Bonchev–Trinajstić information content (AvgIpc) is 3.39. The van der Waals surface area contributed by atoms with Crippen molar-refractivity contribution in [3.8, 4) is 0 Å². The molecule has 0 saturated carbocycles. The molecule has 2 amide bonds. The summed E-state index contributed by atoms with van der Waals surface area (Å²) in [7, 11) is 0. The summed E-state index contributed by atoms with van der Waals surface area (Å²) in [5.74, 6) is 0.125. The Morgan fingerprint density at radius 1 is 0.939 bits per heavy atom. The van der Waals surface area contributed by atoms with Gasteiger partial charge >= 0.3 is 0 Å². The number of likely N-dealkylation sites (tertiary alicyclic amines) is 1. The molecule has 2 fully saturated rings. The number of aryl methyl sites for hydroxylation is 1. The number of hydrogen-bond donors (Lipinski definition) is 1. The molecule has 1 N–H and O–H groups in total. The highest BCUT2D eigenvalue weighted by Crippen LogP contribution is 2.28. The van der Waals surface area contributed by atoms with Gasteiger partial charge in [-0.3, -0.25) is 14.5 Å². The Bertz CT molecular complexity index is 1180. The molecule has 3 aromatic rings. The third-order valence-electron chi connectivity index (χ3n) is 6.75. The zero-order valence-corrected chi connectivity index (χ0v) is 19.2. The number of carbonyl (C=O) groups is 2. The Kier molecular flexibility index (Phi) is 5.86. The van der Waals surface area contributed by atoms with Crippen LogP contribution in [0.5, 0.6) is 0 Å². The molecular weight excluding hydrogens is 442 g/mol. The van der Waals surface area contributed by atoms with Crippen LogP contribution < -0.4 is 0 Å². The van der Waals surface area contributed by atoms with E-state index in [9.17, 15) is 14.7 Å². The van der Waals surface area contributed by atoms with Gasteiger partial charge in [0.15, 0.2) is 5.76 Å². The van der Waals surface area contributed by atoms with Gasteiger partial charge in [-0.1, -0.05) is 29.8 Å². The normalized spacial score (nSPS) is 21.7. The number of rotatable bonds is 3. The van der Waals surface area contributed by atoms with Gasteiger partial charge in [-0.25, -0.2) is 0 Å². The monoisotopic (exact) mass is 467 g/mol. The molecule has 0 aliphatic carbocycles. The fourth-order valence-electron chi connectivity index (χ4n) is 4.85. The molecule has 2 aromatic carbocycles. The van der Waals surface area contributed by atoms with Crippen LogP contribution in [0.2, 0.25) is 5.02 Å². The highest BCUT2D eigenvalue weighted by molar-refractivity contribution is 6.30. The van der Waals surface area contributed by atoms with Crippen LogP contribution in [0.4, 0.5) is 0 Å². The minimum absolute atomic E-state index is 0.0181. The molecule has 2 atom stereocenters. The molecule has 0 bridgehead atoms. The van der Waals surface area contributed by atoms with Gasteiger partial charge in [-0.05, 0) is 37.3 Å². The smallest absolute Gasteiger partial charge is 0.290 e. The van der Waals surface area contributed by atoms with Crippen LogP contribution in [0.15, 0.2) is 52.9 Å². The molecule has 2 aliphatic rings. The molecule has 8 heteroatoms. The van der Waals surface area contributed by atoms with Crippen molar-refractivity contribution >= 4 is 34.4 Å². The lowest BCUT2D eigenvalue weighted by atomic mass is 10.1. The van der Waals surface area contributed by atoms with Gasteiger partial charge in [0.25, 0.3) is 11.8 Å². The van der Waals surface area contributed by atoms with Crippen molar-refractivity contribution < 1.29 is 19.1 Å². The number of aliphatic hydroxyl groups excluding tert-OH is 1. The number of para-hydroxylation sites is 1. The highest BCUT2D eigenvalue weighted by atomic mass is 35.5. The van der Waals surface area contributed by atoms with Gasteiger partial charge in [0.2, 0.25) is 0 Å². The first-order valence-corrected chi connectivity index (χ1v) is 11.5. The highest BCUT2D eigenvalue weighted by Gasteiger charge is 2.40. The van der Waals surface area contributed by atoms with E-state index < -0.39 is 6.10 Å². The fourth-order valence-corrected chi connectivity index (χ4v) is 4.97. The molecule has 172 valence electrons. The zero-order valence-electron chi connectivity index (χ0n) is 18.4. The Morgan fingerprint density at radius 3 is 2.33 bits per heavy atom. The van der Waals surface area contributed by atoms with Crippen LogP contribution in [0, 0.1) is 6.92 Å². The summed E-state index contributed by atoms with van der Waals surface area (Å²) in [6, 6.07) is 14.3. The minimum atomic E-state index is -0.642. The molecule has 0 spiro atoms. The number of hydrogen-bond acceptors (Lipinski definition) is 5. The van der Waals surface area contributed by atoms with E-state index in [-0.39, 0.29) is 24.4 Å². The number of carbonyl (C=O) groups excluding carboxylic acids is 2. The van der Waals surface area contributed by atoms with Gasteiger partial charge in [0.1, 0.15) is 5.58 Å². The third kappa shape index (κ3) is 4.12. The van der Waals surface area contributed by atoms with Crippen molar-refractivity contribution in [2.24, 2.45) is 0 Å². The summed E-state index contributed by atoms with van der Waals surface area (Å²) >= 11 is 5.92. The third-order valence-corrected chi connectivity index (χ3v) is 7.00. The van der Waals surface area contributed by atoms with Crippen molar-refractivity contribution in [1.29, 1.82) is 0 Å². The Morgan fingerprint density at radius 2 is 1.64 bits per heavy atom. The van der Waals surface area contributed by atoms with Crippen molar-refractivity contribution in [3.05, 3.63) is 70.4 Å². The van der Waals surface area contributed by atoms with Crippen LogP contribution >= 0.6 is 11.6 Å². The van der Waals surface area contributed by atoms with Crippen molar-refractivity contribution in [1.82, 2.24) is 14.7 Å². The topological polar surface area (TPSA) is 77.2 Å². The molecular formula is C25H26ClN3O4. The summed E-state index contributed by atoms with van der Waals surface area (Å²) in [5, 5.41) is 12.3. The molecule has 0 unspecified atom stereocenters. The maximum atomic E-state index is 13.2. The van der Waals surface area contributed by atoms with E-state index in [1.807, 2.05) is 36.1 Å². The predicted octanol–water partition coefficient (Wildman–Crippen LogP) is 3.04. The molecule has 1 aromatic heterocycles. The number of β-amino-alcohol motifs (C(OH)–C–C–N with tert-alkyl or cyclic N) is 1. The molecule has 3 heterocycles. The van der Waals surface area contributed by atoms with Gasteiger partial charge in [0.05, 0.1) is 12.1 Å². The number of aliphatic hydroxyl groups is 1. The van der Waals surface area contributed by atoms with Gasteiger partial charge in [-0.15, -0.1) is 0 Å². The summed E-state index contributed by atoms with van der Waals surface area (Å²) in [5.41, 5.74) is 2.13. The minimum Gasteiger partial charge on any atom is -0.451 e. The summed E-state index contributed by atoms with van der Waals surface area (Å²) in [6.07, 6.45) is -0.642. The molecule has 7 nitrogen and oxygen atoms in total. The summed E-state index contributed by atoms with van der Waals surface area (Å²) in [4.78, 5) is 31.6. The van der Waals surface area contributed by atoms with E-state index >= 15 is 0 Å². The number of nitrogens with zero attached hydrogens (tertiary/aromatic N) is 3. The van der Waals surface area contributed by atoms with E-state index in [0.29, 0.717) is 54.7 Å². The van der Waals surface area contributed by atoms with Gasteiger partial charge < -0.3 is 19.3 Å². The quantitative estimate of drug-likeness (QED) is 0.640. The largest absolute Gasteiger partial charge is 0.451 e. The lowest BCUT2D eigenvalue weighted by Crippen LogP contribution is -2.54. The van der Waals surface area contributed by atoms with E-state index in [2.05, 4.69) is 4.90 Å². The second-order valence-electron chi connectivity index (χ2n) is 8.73. The number of benzene rings is 2. The van der Waals surface area contributed by atoms with Crippen molar-refractivity contribution in [2.75, 3.05) is 39.3 Å². The predicted molar refractivity (Wildman–Crippen MR) is 126 cm³/mol. The van der Waals surface area contributed by atoms with Crippen LogP contribution in [-0.4, -0.2) is 83.0 Å². The number of halogens is 1. The molecule has 2 aliphatic heterocycles. The first kappa shape index (κ1) is 21.9. The first-order valence-electron chi connectivity index (χ1n) is 11.2. The molecule has 2 saturated heterocycles. The van der Waals surface area contributed by atoms with Gasteiger partial charge in [0, 0.05) is 60.8 Å². The Balaban J connectivity index is 1.22. The average molecular weight is 468 g/mol. The number of amides is 2. The zero-order chi connectivity index (χ0) is 23.1. The number of fused-ring (bicyclic) bond motifs is 1. The first-order chi connectivity index (χ1) is 15.9. The van der Waals surface area contributed by atoms with E-state index in [1.54, 1.807) is 29.2 Å². The van der Waals surface area contributed by atoms with E-state index in [0.717, 1.165) is 10.9 Å². The Labute approximate surface area is 197 Å². The Hall–Kier alpha value is -2.87. The lowest BCUT2D eigenvalue weighted by molar-refractivity contribution is 0.0376. The van der Waals surface area contributed by atoms with Crippen LogP contribution in [0.3, 0.4) is 0 Å². The van der Waals surface area contributed by atoms with Crippen molar-refractivity contribution in [2.45, 2.75) is 19.1 Å². The second kappa shape index (κ2) is 8.82. The summed E-state index contributed by atoms with van der Waals surface area (Å²) < 4.78 is 5.84. The summed E-state index contributed by atoms with van der Waals surface area (Å²) in [6.45, 7) is 5.02. The van der Waals surface area contributed by atoms with E-state index in [4.69, 9.17) is 16.0 Å². The maximum Gasteiger partial charge on any atom is 0.290 e. The number of furan rings is 1. The molecule has 5 rings (SSSR count). The van der Waals surface area contributed by atoms with Crippen LogP contribution in [0.1, 0.15) is 26.5 Å². The van der Waals surface area contributed by atoms with Crippen LogP contribution in [-0.2, 0) is 0 Å². The lowest BCUT2D eigenvalue weighted by Gasteiger charge is -2.38. The fraction of sp³-hybridized carbons (Fsp3) is 0.360. The van der Waals surface area contributed by atoms with Crippen LogP contribution in [0.25, 0.3) is 11.0 Å². The van der Waals surface area contributed by atoms with E-state index in [1.165, 1.54) is 0 Å². The maximum absolute atomic E-state index is 13.2. The number of piperazine rings is 1.